The second kappa shape index (κ2) is 9.77. The van der Waals surface area contributed by atoms with E-state index in [1.54, 1.807) is 6.07 Å². The maximum Gasteiger partial charge on any atom is 0.347 e. The van der Waals surface area contributed by atoms with Crippen molar-refractivity contribution >= 4 is 27.6 Å². The molecule has 6 nitrogen and oxygen atoms in total. The van der Waals surface area contributed by atoms with E-state index in [0.29, 0.717) is 31.1 Å². The Bertz CT molecular complexity index is 619. The Balaban J connectivity index is 2.24. The molecule has 2 rings (SSSR count). The van der Waals surface area contributed by atoms with Gasteiger partial charge in [0.05, 0.1) is 7.11 Å². The molecule has 0 N–H and O–H groups in total. The van der Waals surface area contributed by atoms with Crippen LogP contribution in [0.25, 0.3) is 0 Å². The number of unbranched alkanes of at least 4 members (excludes halogenated alkanes) is 1. The highest BCUT2D eigenvalue weighted by atomic mass is 79.9. The molecule has 0 bridgehead atoms. The Kier molecular flexibility index (Phi) is 7.71. The molecule has 0 aromatic heterocycles. The minimum absolute atomic E-state index is 0.249. The maximum absolute atomic E-state index is 11.8. The van der Waals surface area contributed by atoms with Crippen LogP contribution >= 0.6 is 15.9 Å². The standard InChI is InChI=1S/C18H24BrNO5/c1-4-6-9-23-16-11-24-20-17(16)13-10-12(19)7-8-15(13)25-14(5-2)18(21)22-3/h7-8,10,14,16H,4-6,9,11H2,1-3H3/t14-,16+/m0/s1. The van der Waals surface area contributed by atoms with Gasteiger partial charge in [0.25, 0.3) is 0 Å². The summed E-state index contributed by atoms with van der Waals surface area (Å²) in [5.41, 5.74) is 1.42. The van der Waals surface area contributed by atoms with Gasteiger partial charge < -0.3 is 19.0 Å². The third-order valence-corrected chi connectivity index (χ3v) is 4.33. The van der Waals surface area contributed by atoms with Gasteiger partial charge in [-0.3, -0.25) is 0 Å². The Morgan fingerprint density at radius 2 is 2.24 bits per heavy atom. The number of ether oxygens (including phenoxy) is 3. The smallest absolute Gasteiger partial charge is 0.347 e. The molecule has 7 heteroatoms. The first-order valence-electron chi connectivity index (χ1n) is 8.46. The predicted octanol–water partition coefficient (Wildman–Crippen LogP) is 3.70. The van der Waals surface area contributed by atoms with E-state index in [1.807, 2.05) is 19.1 Å². The van der Waals surface area contributed by atoms with Gasteiger partial charge in [-0.25, -0.2) is 4.79 Å². The molecular formula is C18H24BrNO5. The number of carbonyl (C=O) groups is 1. The monoisotopic (exact) mass is 413 g/mol. The van der Waals surface area contributed by atoms with E-state index >= 15 is 0 Å². The minimum Gasteiger partial charge on any atom is -0.478 e. The van der Waals surface area contributed by atoms with E-state index < -0.39 is 12.1 Å². The summed E-state index contributed by atoms with van der Waals surface area (Å²) in [5.74, 6) is 0.144. The maximum atomic E-state index is 11.8. The SMILES string of the molecule is CCCCO[C@@H]1CON=C1c1cc(Br)ccc1O[C@@H](CC)C(=O)OC. The number of methoxy groups -OCH3 is 1. The van der Waals surface area contributed by atoms with Crippen molar-refractivity contribution in [3.8, 4) is 5.75 Å². The van der Waals surface area contributed by atoms with E-state index in [1.165, 1.54) is 7.11 Å². The largest absolute Gasteiger partial charge is 0.478 e. The fourth-order valence-electron chi connectivity index (χ4n) is 2.42. The van der Waals surface area contributed by atoms with Crippen molar-refractivity contribution < 1.29 is 23.8 Å². The number of benzene rings is 1. The van der Waals surface area contributed by atoms with Crippen molar-refractivity contribution in [2.75, 3.05) is 20.3 Å². The highest BCUT2D eigenvalue weighted by Crippen LogP contribution is 2.29. The molecule has 0 radical (unpaired) electrons. The third kappa shape index (κ3) is 5.19. The molecule has 1 heterocycles. The number of carbonyl (C=O) groups excluding carboxylic acids is 1. The Labute approximate surface area is 156 Å². The topological polar surface area (TPSA) is 66.3 Å². The van der Waals surface area contributed by atoms with Gasteiger partial charge in [-0.05, 0) is 31.0 Å². The number of halogens is 1. The zero-order valence-electron chi connectivity index (χ0n) is 14.8. The average Bonchev–Trinajstić information content (AvgIpc) is 3.08. The van der Waals surface area contributed by atoms with E-state index in [0.717, 1.165) is 22.9 Å². The van der Waals surface area contributed by atoms with Crippen LogP contribution in [0.3, 0.4) is 0 Å². The van der Waals surface area contributed by atoms with Crippen LogP contribution in [-0.2, 0) is 19.1 Å². The number of hydrogen-bond donors (Lipinski definition) is 0. The summed E-state index contributed by atoms with van der Waals surface area (Å²) in [5, 5.41) is 4.14. The molecular weight excluding hydrogens is 390 g/mol. The second-order valence-electron chi connectivity index (χ2n) is 5.66. The van der Waals surface area contributed by atoms with Crippen molar-refractivity contribution in [2.24, 2.45) is 5.16 Å². The fraction of sp³-hybridized carbons (Fsp3) is 0.556. The molecule has 0 unspecified atom stereocenters. The molecule has 2 atom stereocenters. The summed E-state index contributed by atoms with van der Waals surface area (Å²) in [6.07, 6.45) is 1.62. The minimum atomic E-state index is -0.674. The average molecular weight is 414 g/mol. The fourth-order valence-corrected chi connectivity index (χ4v) is 2.78. The summed E-state index contributed by atoms with van der Waals surface area (Å²) in [7, 11) is 1.35. The van der Waals surface area contributed by atoms with Crippen LogP contribution in [0, 0.1) is 0 Å². The van der Waals surface area contributed by atoms with Gasteiger partial charge in [-0.2, -0.15) is 0 Å². The van der Waals surface area contributed by atoms with Gasteiger partial charge in [-0.1, -0.05) is 41.4 Å². The molecule has 1 aliphatic rings. The van der Waals surface area contributed by atoms with Gasteiger partial charge in [0.2, 0.25) is 0 Å². The van der Waals surface area contributed by atoms with E-state index in [9.17, 15) is 4.79 Å². The van der Waals surface area contributed by atoms with Crippen molar-refractivity contribution in [3.05, 3.63) is 28.2 Å². The number of esters is 1. The van der Waals surface area contributed by atoms with Gasteiger partial charge in [-0.15, -0.1) is 0 Å². The summed E-state index contributed by atoms with van der Waals surface area (Å²) in [6.45, 7) is 5.00. The lowest BCUT2D eigenvalue weighted by Crippen LogP contribution is -2.30. The van der Waals surface area contributed by atoms with Crippen LogP contribution in [0.2, 0.25) is 0 Å². The molecule has 1 aromatic rings. The van der Waals surface area contributed by atoms with Crippen molar-refractivity contribution in [2.45, 2.75) is 45.3 Å². The molecule has 0 saturated heterocycles. The first kappa shape index (κ1) is 19.7. The van der Waals surface area contributed by atoms with Crippen LogP contribution in [0.4, 0.5) is 0 Å². The number of oxime groups is 1. The lowest BCUT2D eigenvalue weighted by atomic mass is 10.0. The zero-order chi connectivity index (χ0) is 18.2. The molecule has 0 aliphatic carbocycles. The summed E-state index contributed by atoms with van der Waals surface area (Å²) in [6, 6.07) is 5.55. The van der Waals surface area contributed by atoms with Crippen molar-refractivity contribution in [3.63, 3.8) is 0 Å². The van der Waals surface area contributed by atoms with Crippen molar-refractivity contribution in [1.29, 1.82) is 0 Å². The van der Waals surface area contributed by atoms with E-state index in [4.69, 9.17) is 19.0 Å². The second-order valence-corrected chi connectivity index (χ2v) is 6.58. The first-order valence-corrected chi connectivity index (χ1v) is 9.25. The summed E-state index contributed by atoms with van der Waals surface area (Å²) in [4.78, 5) is 17.1. The first-order chi connectivity index (χ1) is 12.1. The Morgan fingerprint density at radius 1 is 1.44 bits per heavy atom. The lowest BCUT2D eigenvalue weighted by molar-refractivity contribution is -0.148. The number of hydrogen-bond acceptors (Lipinski definition) is 6. The molecule has 138 valence electrons. The molecule has 0 spiro atoms. The molecule has 0 fully saturated rings. The molecule has 1 aromatic carbocycles. The highest BCUT2D eigenvalue weighted by molar-refractivity contribution is 9.10. The highest BCUT2D eigenvalue weighted by Gasteiger charge is 2.29. The number of rotatable bonds is 9. The van der Waals surface area contributed by atoms with Crippen molar-refractivity contribution in [1.82, 2.24) is 0 Å². The van der Waals surface area contributed by atoms with Gasteiger partial charge in [0, 0.05) is 16.6 Å². The van der Waals surface area contributed by atoms with Crippen LogP contribution in [0.15, 0.2) is 27.8 Å². The summed E-state index contributed by atoms with van der Waals surface area (Å²) < 4.78 is 17.5. The van der Waals surface area contributed by atoms with Gasteiger partial charge in [0.1, 0.15) is 24.2 Å². The molecule has 0 amide bonds. The lowest BCUT2D eigenvalue weighted by Gasteiger charge is -2.19. The third-order valence-electron chi connectivity index (χ3n) is 3.83. The van der Waals surface area contributed by atoms with Crippen LogP contribution in [0.1, 0.15) is 38.7 Å². The predicted molar refractivity (Wildman–Crippen MR) is 98.0 cm³/mol. The van der Waals surface area contributed by atoms with E-state index in [-0.39, 0.29) is 6.10 Å². The van der Waals surface area contributed by atoms with Crippen LogP contribution < -0.4 is 4.74 Å². The van der Waals surface area contributed by atoms with Crippen LogP contribution in [0.5, 0.6) is 5.75 Å². The van der Waals surface area contributed by atoms with Gasteiger partial charge >= 0.3 is 5.97 Å². The van der Waals surface area contributed by atoms with E-state index in [2.05, 4.69) is 28.0 Å². The normalized spacial score (nSPS) is 17.6. The zero-order valence-corrected chi connectivity index (χ0v) is 16.4. The molecule has 0 saturated carbocycles. The Morgan fingerprint density at radius 3 is 2.92 bits per heavy atom. The molecule has 1 aliphatic heterocycles. The Hall–Kier alpha value is -1.60. The number of nitrogens with zero attached hydrogens (tertiary/aromatic N) is 1. The molecule has 25 heavy (non-hydrogen) atoms. The van der Waals surface area contributed by atoms with Gasteiger partial charge in [0.15, 0.2) is 6.10 Å². The summed E-state index contributed by atoms with van der Waals surface area (Å²) >= 11 is 3.47. The quantitative estimate of drug-likeness (QED) is 0.456. The van der Waals surface area contributed by atoms with Crippen LogP contribution in [-0.4, -0.2) is 44.2 Å².